The number of hydrogen-bond acceptors (Lipinski definition) is 4. The minimum atomic E-state index is -0.310. The quantitative estimate of drug-likeness (QED) is 0.632. The molecule has 94 valence electrons. The molecular weight excluding hydrogens is 280 g/mol. The Balaban J connectivity index is 2.69. The fourth-order valence-electron chi connectivity index (χ4n) is 2.13. The molecule has 1 aliphatic rings. The molecular formula is C8H20N2O2P4. The molecule has 0 aromatic rings. The average Bonchev–Trinajstić information content (AvgIpc) is 2.56. The smallest absolute Gasteiger partial charge is 0.310 e. The van der Waals surface area contributed by atoms with Gasteiger partial charge in [-0.2, -0.15) is 0 Å². The third kappa shape index (κ3) is 3.81. The number of hydrogen-bond donors (Lipinski definition) is 1. The second-order valence-corrected chi connectivity index (χ2v) is 10.8. The van der Waals surface area contributed by atoms with E-state index in [-0.39, 0.29) is 25.4 Å². The number of carbonyl (C=O) groups is 1. The van der Waals surface area contributed by atoms with Crippen LogP contribution in [-0.4, -0.2) is 36.4 Å². The van der Waals surface area contributed by atoms with E-state index in [0.29, 0.717) is 6.04 Å². The van der Waals surface area contributed by atoms with Crippen LogP contribution in [0, 0.1) is 5.92 Å². The van der Waals surface area contributed by atoms with E-state index in [1.54, 1.807) is 0 Å². The first kappa shape index (κ1) is 15.2. The van der Waals surface area contributed by atoms with Gasteiger partial charge in [0.15, 0.2) is 0 Å². The van der Waals surface area contributed by atoms with Crippen LogP contribution < -0.4 is 5.09 Å². The van der Waals surface area contributed by atoms with Crippen molar-refractivity contribution in [3.05, 3.63) is 0 Å². The van der Waals surface area contributed by atoms with Crippen molar-refractivity contribution in [3.63, 3.8) is 0 Å². The molecule has 16 heavy (non-hydrogen) atoms. The molecule has 0 radical (unpaired) electrons. The maximum atomic E-state index is 11.6. The van der Waals surface area contributed by atoms with Gasteiger partial charge in [0, 0.05) is 18.6 Å². The molecule has 1 N–H and O–H groups in total. The van der Waals surface area contributed by atoms with Crippen LogP contribution in [0.15, 0.2) is 0 Å². The molecule has 0 amide bonds. The molecule has 0 bridgehead atoms. The molecule has 0 aliphatic carbocycles. The average molecular weight is 300 g/mol. The number of nitrogens with one attached hydrogen (secondary N) is 1. The van der Waals surface area contributed by atoms with Crippen molar-refractivity contribution in [2.24, 2.45) is 5.92 Å². The molecule has 1 rings (SSSR count). The summed E-state index contributed by atoms with van der Waals surface area (Å²) in [5.41, 5.74) is 0. The zero-order chi connectivity index (χ0) is 12.3. The van der Waals surface area contributed by atoms with Crippen LogP contribution in [0.5, 0.6) is 0 Å². The summed E-state index contributed by atoms with van der Waals surface area (Å²) in [6.45, 7) is 2.92. The summed E-state index contributed by atoms with van der Waals surface area (Å²) >= 11 is 0. The highest BCUT2D eigenvalue weighted by Crippen LogP contribution is 2.50. The fourth-order valence-corrected chi connectivity index (χ4v) is 4.56. The van der Waals surface area contributed by atoms with E-state index in [1.807, 2.05) is 6.92 Å². The molecule has 0 aromatic carbocycles. The van der Waals surface area contributed by atoms with Crippen molar-refractivity contribution < 1.29 is 9.53 Å². The van der Waals surface area contributed by atoms with E-state index in [2.05, 4.69) is 37.0 Å². The summed E-state index contributed by atoms with van der Waals surface area (Å²) in [6, 6.07) is 0.552. The molecule has 6 atom stereocenters. The maximum Gasteiger partial charge on any atom is 0.310 e. The number of methoxy groups -OCH3 is 1. The number of carbonyl (C=O) groups excluding carboxylic acids is 1. The summed E-state index contributed by atoms with van der Waals surface area (Å²) in [7, 11) is 9.36. The SMILES string of the molecule is COC(=O)C(C)C1C(NP(P)P)CCN1P. The molecule has 0 spiro atoms. The van der Waals surface area contributed by atoms with Crippen LogP contribution in [0.25, 0.3) is 0 Å². The van der Waals surface area contributed by atoms with Gasteiger partial charge in [0.25, 0.3) is 0 Å². The molecule has 1 saturated heterocycles. The Kier molecular flexibility index (Phi) is 6.53. The topological polar surface area (TPSA) is 41.6 Å². The predicted octanol–water partition coefficient (Wildman–Crippen LogP) is 1.60. The van der Waals surface area contributed by atoms with E-state index in [4.69, 9.17) is 4.74 Å². The molecule has 6 unspecified atom stereocenters. The first-order valence-corrected chi connectivity index (χ1v) is 10.2. The first-order chi connectivity index (χ1) is 7.47. The minimum Gasteiger partial charge on any atom is -0.469 e. The lowest BCUT2D eigenvalue weighted by Crippen LogP contribution is -2.44. The monoisotopic (exact) mass is 300 g/mol. The highest BCUT2D eigenvalue weighted by atomic mass is 32.4. The van der Waals surface area contributed by atoms with E-state index < -0.39 is 0 Å². The zero-order valence-corrected chi connectivity index (χ0v) is 13.9. The molecule has 8 heteroatoms. The normalized spacial score (nSPS) is 28.4. The second-order valence-electron chi connectivity index (χ2n) is 3.97. The lowest BCUT2D eigenvalue weighted by atomic mass is 9.97. The maximum absolute atomic E-state index is 11.6. The third-order valence-corrected chi connectivity index (χ3v) is 5.02. The summed E-state index contributed by atoms with van der Waals surface area (Å²) in [6.07, 6.45) is 1.07. The van der Waals surface area contributed by atoms with Crippen molar-refractivity contribution >= 4 is 40.7 Å². The van der Waals surface area contributed by atoms with Gasteiger partial charge in [-0.1, -0.05) is 34.2 Å². The van der Waals surface area contributed by atoms with Gasteiger partial charge in [0.2, 0.25) is 0 Å². The fraction of sp³-hybridized carbons (Fsp3) is 0.875. The van der Waals surface area contributed by atoms with Crippen LogP contribution >= 0.6 is 34.7 Å². The highest BCUT2D eigenvalue weighted by molar-refractivity contribution is 8.42. The van der Waals surface area contributed by atoms with E-state index in [0.717, 1.165) is 13.0 Å². The third-order valence-electron chi connectivity index (χ3n) is 2.89. The van der Waals surface area contributed by atoms with Gasteiger partial charge in [-0.15, -0.1) is 0 Å². The van der Waals surface area contributed by atoms with Crippen LogP contribution in [0.4, 0.5) is 0 Å². The lowest BCUT2D eigenvalue weighted by molar-refractivity contribution is -0.146. The van der Waals surface area contributed by atoms with E-state index in [9.17, 15) is 4.79 Å². The van der Waals surface area contributed by atoms with E-state index >= 15 is 0 Å². The van der Waals surface area contributed by atoms with Crippen LogP contribution in [0.3, 0.4) is 0 Å². The van der Waals surface area contributed by atoms with Crippen molar-refractivity contribution in [2.75, 3.05) is 13.7 Å². The van der Waals surface area contributed by atoms with Gasteiger partial charge in [-0.25, -0.2) is 0 Å². The van der Waals surface area contributed by atoms with Crippen molar-refractivity contribution in [1.29, 1.82) is 0 Å². The first-order valence-electron chi connectivity index (χ1n) is 5.12. The Morgan fingerprint density at radius 2 is 2.25 bits per heavy atom. The minimum absolute atomic E-state index is 0.104. The van der Waals surface area contributed by atoms with Gasteiger partial charge in [-0.05, 0) is 13.9 Å². The van der Waals surface area contributed by atoms with Gasteiger partial charge < -0.3 is 4.74 Å². The van der Waals surface area contributed by atoms with Crippen molar-refractivity contribution in [3.8, 4) is 0 Å². The molecule has 1 fully saturated rings. The van der Waals surface area contributed by atoms with Gasteiger partial charge >= 0.3 is 5.97 Å². The molecule has 1 aliphatic heterocycles. The lowest BCUT2D eigenvalue weighted by Gasteiger charge is -2.30. The van der Waals surface area contributed by atoms with Gasteiger partial charge in [0.05, 0.1) is 13.0 Å². The van der Waals surface area contributed by atoms with Crippen molar-refractivity contribution in [1.82, 2.24) is 9.76 Å². The number of rotatable bonds is 4. The Hall–Kier alpha value is 1.11. The standard InChI is InChI=1S/C8H20N2O2P4/c1-5(8(11)12-2)7-6(9-16(14)15)3-4-10(7)13/h5-7,9H,3-4,13-15H2,1-2H3. The van der Waals surface area contributed by atoms with Crippen LogP contribution in [0.1, 0.15) is 13.3 Å². The van der Waals surface area contributed by atoms with Crippen LogP contribution in [0.2, 0.25) is 0 Å². The van der Waals surface area contributed by atoms with E-state index in [1.165, 1.54) is 7.11 Å². The highest BCUT2D eigenvalue weighted by Gasteiger charge is 2.39. The van der Waals surface area contributed by atoms with Crippen LogP contribution in [-0.2, 0) is 9.53 Å². The Morgan fingerprint density at radius 1 is 1.62 bits per heavy atom. The van der Waals surface area contributed by atoms with Crippen molar-refractivity contribution in [2.45, 2.75) is 25.4 Å². The number of esters is 1. The molecule has 0 aromatic heterocycles. The summed E-state index contributed by atoms with van der Waals surface area (Å²) in [5.74, 6) is -0.240. The summed E-state index contributed by atoms with van der Waals surface area (Å²) in [5, 5.41) is 3.51. The summed E-state index contributed by atoms with van der Waals surface area (Å²) in [4.78, 5) is 11.6. The Bertz CT molecular complexity index is 254. The Morgan fingerprint density at radius 3 is 2.75 bits per heavy atom. The zero-order valence-electron chi connectivity index (χ0n) is 9.59. The summed E-state index contributed by atoms with van der Waals surface area (Å²) < 4.78 is 6.98. The Labute approximate surface area is 105 Å². The number of nitrogens with zero attached hydrogens (tertiary/aromatic N) is 1. The predicted molar refractivity (Wildman–Crippen MR) is 79.3 cm³/mol. The largest absolute Gasteiger partial charge is 0.469 e. The molecule has 1 heterocycles. The molecule has 4 nitrogen and oxygen atoms in total. The second kappa shape index (κ2) is 6.89. The van der Waals surface area contributed by atoms with Gasteiger partial charge in [0.1, 0.15) is 0 Å². The van der Waals surface area contributed by atoms with Gasteiger partial charge in [-0.3, -0.25) is 14.6 Å². The number of ether oxygens (including phenoxy) is 1. The molecule has 0 saturated carbocycles.